The van der Waals surface area contributed by atoms with E-state index < -0.39 is 0 Å². The van der Waals surface area contributed by atoms with Crippen LogP contribution in [0.4, 0.5) is 5.69 Å². The summed E-state index contributed by atoms with van der Waals surface area (Å²) in [4.78, 5) is 13.3. The summed E-state index contributed by atoms with van der Waals surface area (Å²) in [5.74, 6) is 5.17. The van der Waals surface area contributed by atoms with Crippen LogP contribution in [0.3, 0.4) is 0 Å². The minimum Gasteiger partial charge on any atom is -0.378 e. The van der Waals surface area contributed by atoms with Gasteiger partial charge in [0.1, 0.15) is 0 Å². The van der Waals surface area contributed by atoms with Gasteiger partial charge in [-0.1, -0.05) is 45.4 Å². The molecule has 4 saturated carbocycles. The molecule has 0 aromatic heterocycles. The summed E-state index contributed by atoms with van der Waals surface area (Å²) in [6.07, 6.45) is 12.3. The number of fused-ring (bicyclic) bond motifs is 5. The van der Waals surface area contributed by atoms with E-state index in [-0.39, 0.29) is 11.3 Å². The molecule has 0 bridgehead atoms. The van der Waals surface area contributed by atoms with Crippen LogP contribution >= 0.6 is 0 Å². The van der Waals surface area contributed by atoms with Crippen molar-refractivity contribution in [3.8, 4) is 0 Å². The van der Waals surface area contributed by atoms with Gasteiger partial charge in [-0.3, -0.25) is 4.79 Å². The van der Waals surface area contributed by atoms with Gasteiger partial charge < -0.3 is 5.32 Å². The van der Waals surface area contributed by atoms with Gasteiger partial charge in [0, 0.05) is 11.6 Å². The van der Waals surface area contributed by atoms with Crippen molar-refractivity contribution in [3.63, 3.8) is 0 Å². The lowest BCUT2D eigenvalue weighted by atomic mass is 9.44. The van der Waals surface area contributed by atoms with Crippen LogP contribution in [-0.4, -0.2) is 12.3 Å². The van der Waals surface area contributed by atoms with Crippen molar-refractivity contribution in [1.82, 2.24) is 0 Å². The first-order valence-corrected chi connectivity index (χ1v) is 12.7. The molecule has 1 N–H and O–H groups in total. The molecule has 4 aliphatic carbocycles. The number of anilines is 1. The molecule has 5 rings (SSSR count). The topological polar surface area (TPSA) is 29.1 Å². The van der Waals surface area contributed by atoms with Crippen molar-refractivity contribution in [2.75, 3.05) is 11.9 Å². The maximum atomic E-state index is 13.3. The van der Waals surface area contributed by atoms with Gasteiger partial charge in [0.15, 0.2) is 5.78 Å². The Morgan fingerprint density at radius 2 is 1.67 bits per heavy atom. The number of hydrogen-bond donors (Lipinski definition) is 1. The first-order chi connectivity index (χ1) is 14.4. The zero-order valence-corrected chi connectivity index (χ0v) is 19.3. The van der Waals surface area contributed by atoms with Crippen molar-refractivity contribution in [3.05, 3.63) is 30.3 Å². The van der Waals surface area contributed by atoms with E-state index in [9.17, 15) is 4.79 Å². The Labute approximate surface area is 183 Å². The Balaban J connectivity index is 1.30. The molecule has 0 saturated heterocycles. The van der Waals surface area contributed by atoms with Gasteiger partial charge in [0.2, 0.25) is 0 Å². The van der Waals surface area contributed by atoms with Crippen LogP contribution < -0.4 is 5.32 Å². The van der Waals surface area contributed by atoms with Crippen LogP contribution in [0.5, 0.6) is 0 Å². The molecule has 1 aromatic carbocycles. The largest absolute Gasteiger partial charge is 0.378 e. The van der Waals surface area contributed by atoms with E-state index in [4.69, 9.17) is 0 Å². The monoisotopic (exact) mass is 407 g/mol. The highest BCUT2D eigenvalue weighted by Crippen LogP contribution is 2.67. The van der Waals surface area contributed by atoms with Gasteiger partial charge in [-0.25, -0.2) is 0 Å². The maximum absolute atomic E-state index is 13.3. The van der Waals surface area contributed by atoms with Gasteiger partial charge in [0.25, 0.3) is 0 Å². The summed E-state index contributed by atoms with van der Waals surface area (Å²) < 4.78 is 0. The third-order valence-electron chi connectivity index (χ3n) is 10.6. The molecule has 2 nitrogen and oxygen atoms in total. The number of para-hydroxylation sites is 1. The van der Waals surface area contributed by atoms with E-state index in [1.165, 1.54) is 51.4 Å². The number of hydrogen-bond acceptors (Lipinski definition) is 2. The zero-order valence-electron chi connectivity index (χ0n) is 19.3. The average molecular weight is 408 g/mol. The Morgan fingerprint density at radius 1 is 0.933 bits per heavy atom. The quantitative estimate of drug-likeness (QED) is 0.584. The minimum atomic E-state index is 0.238. The predicted molar refractivity (Wildman–Crippen MR) is 124 cm³/mol. The molecular formula is C28H41NO. The van der Waals surface area contributed by atoms with E-state index in [1.807, 2.05) is 18.2 Å². The molecule has 2 heteroatoms. The van der Waals surface area contributed by atoms with Crippen molar-refractivity contribution in [2.45, 2.75) is 78.6 Å². The predicted octanol–water partition coefficient (Wildman–Crippen LogP) is 6.96. The van der Waals surface area contributed by atoms with E-state index in [0.29, 0.717) is 17.7 Å². The fourth-order valence-corrected chi connectivity index (χ4v) is 8.87. The Bertz CT molecular complexity index is 774. The second-order valence-corrected chi connectivity index (χ2v) is 11.9. The lowest BCUT2D eigenvalue weighted by Gasteiger charge is -2.61. The molecule has 8 unspecified atom stereocenters. The second kappa shape index (κ2) is 7.68. The van der Waals surface area contributed by atoms with Crippen LogP contribution in [0, 0.1) is 46.3 Å². The average Bonchev–Trinajstić information content (AvgIpc) is 3.10. The highest BCUT2D eigenvalue weighted by Gasteiger charge is 2.60. The minimum absolute atomic E-state index is 0.238. The highest BCUT2D eigenvalue weighted by atomic mass is 16.1. The van der Waals surface area contributed by atoms with Gasteiger partial charge in [0.05, 0.1) is 6.54 Å². The molecular weight excluding hydrogens is 366 g/mol. The number of rotatable bonds is 4. The Hall–Kier alpha value is -1.31. The number of carbonyl (C=O) groups excluding carboxylic acids is 1. The number of benzene rings is 1. The summed E-state index contributed by atoms with van der Waals surface area (Å²) >= 11 is 0. The highest BCUT2D eigenvalue weighted by molar-refractivity contribution is 5.86. The lowest BCUT2D eigenvalue weighted by Crippen LogP contribution is -2.53. The summed E-state index contributed by atoms with van der Waals surface area (Å²) in [6, 6.07) is 10.2. The van der Waals surface area contributed by atoms with Crippen LogP contribution in [0.15, 0.2) is 30.3 Å². The van der Waals surface area contributed by atoms with Crippen LogP contribution in [0.2, 0.25) is 0 Å². The smallest absolute Gasteiger partial charge is 0.155 e. The molecule has 8 atom stereocenters. The van der Waals surface area contributed by atoms with Crippen molar-refractivity contribution >= 4 is 11.5 Å². The zero-order chi connectivity index (χ0) is 20.9. The maximum Gasteiger partial charge on any atom is 0.155 e. The van der Waals surface area contributed by atoms with E-state index in [2.05, 4.69) is 38.2 Å². The first-order valence-electron chi connectivity index (χ1n) is 12.7. The summed E-state index contributed by atoms with van der Waals surface area (Å²) in [6.45, 7) is 8.11. The molecule has 0 spiro atoms. The lowest BCUT2D eigenvalue weighted by molar-refractivity contribution is -0.135. The summed E-state index contributed by atoms with van der Waals surface area (Å²) in [7, 11) is 0. The van der Waals surface area contributed by atoms with E-state index in [1.54, 1.807) is 0 Å². The third kappa shape index (κ3) is 3.24. The van der Waals surface area contributed by atoms with Crippen LogP contribution in [-0.2, 0) is 4.79 Å². The van der Waals surface area contributed by atoms with Crippen molar-refractivity contribution < 1.29 is 4.79 Å². The standard InChI is InChI=1S/C28H41NO/c1-19-13-15-27(2)20(17-19)9-10-22-23-11-12-25(28(23,3)16-14-24(22)27)26(30)18-29-21-7-5-4-6-8-21/h4-8,19-20,22-25,29H,9-18H2,1-3H3. The fourth-order valence-electron chi connectivity index (χ4n) is 8.87. The number of Topliss-reactive ketones (excluding diaryl/α,β-unsaturated/α-hetero) is 1. The van der Waals surface area contributed by atoms with Gasteiger partial charge in [-0.2, -0.15) is 0 Å². The molecule has 1 aromatic rings. The first kappa shape index (κ1) is 20.6. The molecule has 0 heterocycles. The summed E-state index contributed by atoms with van der Waals surface area (Å²) in [5.41, 5.74) is 1.88. The van der Waals surface area contributed by atoms with Crippen molar-refractivity contribution in [2.24, 2.45) is 46.3 Å². The number of nitrogens with one attached hydrogen (secondary N) is 1. The molecule has 4 fully saturated rings. The summed E-state index contributed by atoms with van der Waals surface area (Å²) in [5, 5.41) is 3.39. The van der Waals surface area contributed by atoms with Crippen LogP contribution in [0.25, 0.3) is 0 Å². The molecule has 164 valence electrons. The van der Waals surface area contributed by atoms with Gasteiger partial charge in [-0.05, 0) is 104 Å². The number of carbonyl (C=O) groups is 1. The molecule has 30 heavy (non-hydrogen) atoms. The Morgan fingerprint density at radius 3 is 2.47 bits per heavy atom. The third-order valence-corrected chi connectivity index (χ3v) is 10.6. The van der Waals surface area contributed by atoms with Gasteiger partial charge >= 0.3 is 0 Å². The molecule has 0 amide bonds. The molecule has 0 radical (unpaired) electrons. The number of ketones is 1. The van der Waals surface area contributed by atoms with Crippen LogP contribution in [0.1, 0.15) is 78.6 Å². The SMILES string of the molecule is CC1CCC2(C)C(CCC3C2CCC2(C)C(C(=O)CNc4ccccc4)CCC32)C1. The van der Waals surface area contributed by atoms with Gasteiger partial charge in [-0.15, -0.1) is 0 Å². The Kier molecular flexibility index (Phi) is 5.27. The fraction of sp³-hybridized carbons (Fsp3) is 0.750. The van der Waals surface area contributed by atoms with E-state index >= 15 is 0 Å². The molecule has 0 aliphatic heterocycles. The normalized spacial score (nSPS) is 45.2. The van der Waals surface area contributed by atoms with E-state index in [0.717, 1.165) is 41.7 Å². The second-order valence-electron chi connectivity index (χ2n) is 11.9. The molecule has 4 aliphatic rings. The van der Waals surface area contributed by atoms with Crippen molar-refractivity contribution in [1.29, 1.82) is 0 Å².